The van der Waals surface area contributed by atoms with Crippen LogP contribution < -0.4 is 21.5 Å². The van der Waals surface area contributed by atoms with E-state index in [1.165, 1.54) is 0 Å². The number of amides is 1. The Morgan fingerprint density at radius 1 is 1.32 bits per heavy atom. The number of alkyl halides is 3. The third kappa shape index (κ3) is 8.06. The summed E-state index contributed by atoms with van der Waals surface area (Å²) in [5, 5.41) is 13.0. The van der Waals surface area contributed by atoms with Gasteiger partial charge < -0.3 is 40.8 Å². The van der Waals surface area contributed by atoms with Crippen LogP contribution in [0.5, 0.6) is 5.88 Å². The van der Waals surface area contributed by atoms with Gasteiger partial charge in [-0.1, -0.05) is 0 Å². The van der Waals surface area contributed by atoms with Gasteiger partial charge in [-0.05, 0) is 0 Å². The van der Waals surface area contributed by atoms with Crippen LogP contribution in [0, 0.1) is 0 Å². The van der Waals surface area contributed by atoms with E-state index >= 15 is 0 Å². The first-order valence-corrected chi connectivity index (χ1v) is 9.50. The van der Waals surface area contributed by atoms with E-state index in [1.54, 1.807) is 0 Å². The Bertz CT molecular complexity index is 711. The lowest BCUT2D eigenvalue weighted by Crippen LogP contribution is -2.52. The largest absolute Gasteiger partial charge is 0.469 e. The van der Waals surface area contributed by atoms with Gasteiger partial charge in [0.2, 0.25) is 5.91 Å². The number of aliphatic hydroxyl groups is 1. The molecule has 3 atom stereocenters. The van der Waals surface area contributed by atoms with Gasteiger partial charge in [0.05, 0.1) is 32.6 Å². The van der Waals surface area contributed by atoms with Crippen molar-refractivity contribution in [2.45, 2.75) is 30.9 Å². The first kappa shape index (κ1) is 25.0. The zero-order chi connectivity index (χ0) is 22.9. The molecular weight excluding hydrogens is 427 g/mol. The molecule has 31 heavy (non-hydrogen) atoms. The molecule has 0 aromatic carbocycles. The van der Waals surface area contributed by atoms with Crippen LogP contribution in [0.3, 0.4) is 0 Å². The van der Waals surface area contributed by atoms with Gasteiger partial charge in [0.1, 0.15) is 24.9 Å². The average molecular weight is 453 g/mol. The van der Waals surface area contributed by atoms with Crippen molar-refractivity contribution in [1.82, 2.24) is 15.3 Å². The van der Waals surface area contributed by atoms with Crippen LogP contribution in [-0.4, -0.2) is 85.4 Å². The number of anilines is 1. The second-order valence-corrected chi connectivity index (χ2v) is 6.55. The van der Waals surface area contributed by atoms with Crippen molar-refractivity contribution in [3.05, 3.63) is 11.9 Å². The predicted molar refractivity (Wildman–Crippen MR) is 99.9 cm³/mol. The number of halogens is 3. The lowest BCUT2D eigenvalue weighted by molar-refractivity contribution is -0.142. The molecule has 0 bridgehead atoms. The number of aliphatic hydroxyl groups excluding tert-OH is 1. The van der Waals surface area contributed by atoms with Crippen molar-refractivity contribution in [1.29, 1.82) is 0 Å². The lowest BCUT2D eigenvalue weighted by Gasteiger charge is -2.34. The molecule has 0 saturated carbocycles. The molecule has 1 fully saturated rings. The van der Waals surface area contributed by atoms with Crippen LogP contribution in [-0.2, 0) is 25.2 Å². The highest BCUT2D eigenvalue weighted by molar-refractivity contribution is 5.77. The Hall–Kier alpha value is -2.26. The fraction of sp³-hybridized carbons (Fsp3) is 0.706. The van der Waals surface area contributed by atoms with E-state index in [2.05, 4.69) is 15.3 Å². The van der Waals surface area contributed by atoms with Crippen molar-refractivity contribution < 1.29 is 42.0 Å². The number of ether oxygens (including phenoxy) is 4. The number of aromatic nitrogens is 2. The molecule has 1 aromatic rings. The monoisotopic (exact) mass is 453 g/mol. The van der Waals surface area contributed by atoms with Crippen LogP contribution in [0.25, 0.3) is 0 Å². The fourth-order valence-corrected chi connectivity index (χ4v) is 2.65. The predicted octanol–water partition coefficient (Wildman–Crippen LogP) is -0.917. The summed E-state index contributed by atoms with van der Waals surface area (Å²) in [6.07, 6.45) is -6.82. The maximum Gasteiger partial charge on any atom is 0.434 e. The van der Waals surface area contributed by atoms with Crippen LogP contribution >= 0.6 is 0 Å². The Morgan fingerprint density at radius 2 is 2.06 bits per heavy atom. The summed E-state index contributed by atoms with van der Waals surface area (Å²) >= 11 is 0. The molecule has 2 heterocycles. The summed E-state index contributed by atoms with van der Waals surface area (Å²) in [6.45, 7) is 1.29. The summed E-state index contributed by atoms with van der Waals surface area (Å²) in [7, 11) is 0. The van der Waals surface area contributed by atoms with Gasteiger partial charge >= 0.3 is 6.18 Å². The summed E-state index contributed by atoms with van der Waals surface area (Å²) in [4.78, 5) is 18.6. The number of rotatable bonds is 11. The SMILES string of the molecule is NCCOCCOCC(=O)NC[C@H]1OCC[C@@H](Oc2ncc(C(F)(F)F)nc2N)[C@H]1O. The van der Waals surface area contributed by atoms with E-state index in [-0.39, 0.29) is 38.7 Å². The Kier molecular flexibility index (Phi) is 9.64. The van der Waals surface area contributed by atoms with Crippen LogP contribution in [0.2, 0.25) is 0 Å². The molecule has 0 radical (unpaired) electrons. The molecule has 176 valence electrons. The minimum Gasteiger partial charge on any atom is -0.469 e. The number of hydrogen-bond donors (Lipinski definition) is 4. The third-order valence-electron chi connectivity index (χ3n) is 4.18. The van der Waals surface area contributed by atoms with Gasteiger partial charge in [-0.3, -0.25) is 4.79 Å². The molecule has 1 aliphatic heterocycles. The first-order chi connectivity index (χ1) is 14.7. The molecule has 1 aromatic heterocycles. The number of nitrogen functional groups attached to an aromatic ring is 1. The Balaban J connectivity index is 1.80. The maximum absolute atomic E-state index is 12.7. The molecule has 0 spiro atoms. The van der Waals surface area contributed by atoms with Crippen molar-refractivity contribution in [3.8, 4) is 5.88 Å². The summed E-state index contributed by atoms with van der Waals surface area (Å²) in [5.74, 6) is -1.30. The van der Waals surface area contributed by atoms with E-state index in [0.717, 1.165) is 0 Å². The van der Waals surface area contributed by atoms with Crippen molar-refractivity contribution in [2.24, 2.45) is 5.73 Å². The van der Waals surface area contributed by atoms with Crippen LogP contribution in [0.1, 0.15) is 12.1 Å². The highest BCUT2D eigenvalue weighted by atomic mass is 19.4. The number of nitrogens with two attached hydrogens (primary N) is 2. The van der Waals surface area contributed by atoms with Crippen LogP contribution in [0.4, 0.5) is 19.0 Å². The summed E-state index contributed by atoms with van der Waals surface area (Å²) in [6, 6.07) is 0. The summed E-state index contributed by atoms with van der Waals surface area (Å²) < 4.78 is 59.1. The van der Waals surface area contributed by atoms with Gasteiger partial charge in [0.25, 0.3) is 5.88 Å². The zero-order valence-corrected chi connectivity index (χ0v) is 16.6. The topological polar surface area (TPSA) is 164 Å². The van der Waals surface area contributed by atoms with E-state index in [9.17, 15) is 23.1 Å². The Morgan fingerprint density at radius 3 is 2.74 bits per heavy atom. The molecule has 1 aliphatic rings. The molecule has 1 amide bonds. The van der Waals surface area contributed by atoms with E-state index in [1.807, 2.05) is 0 Å². The van der Waals surface area contributed by atoms with Crippen molar-refractivity contribution in [2.75, 3.05) is 51.9 Å². The number of hydrogen-bond acceptors (Lipinski definition) is 10. The van der Waals surface area contributed by atoms with Gasteiger partial charge in [-0.2, -0.15) is 13.2 Å². The number of nitrogens with zero attached hydrogens (tertiary/aromatic N) is 2. The molecule has 11 nitrogen and oxygen atoms in total. The molecule has 0 aliphatic carbocycles. The molecule has 0 unspecified atom stereocenters. The number of nitrogens with one attached hydrogen (secondary N) is 1. The van der Waals surface area contributed by atoms with Gasteiger partial charge in [0.15, 0.2) is 11.5 Å². The number of carbonyl (C=O) groups is 1. The third-order valence-corrected chi connectivity index (χ3v) is 4.18. The average Bonchev–Trinajstić information content (AvgIpc) is 2.71. The Labute approximate surface area is 176 Å². The van der Waals surface area contributed by atoms with Gasteiger partial charge in [0, 0.05) is 19.5 Å². The molecule has 6 N–H and O–H groups in total. The standard InChI is InChI=1S/C17H26F3N5O6/c18-17(19,20)12-8-24-16(15(22)25-12)31-10-1-3-30-11(14(10)27)7-23-13(26)9-29-6-5-28-4-2-21/h8,10-11,14,27H,1-7,9,21H2,(H2,22,25)(H,23,26)/t10-,11-,14-/m1/s1. The first-order valence-electron chi connectivity index (χ1n) is 9.50. The van der Waals surface area contributed by atoms with Crippen molar-refractivity contribution >= 4 is 11.7 Å². The lowest BCUT2D eigenvalue weighted by atomic mass is 10.0. The minimum atomic E-state index is -4.69. The molecule has 14 heteroatoms. The normalized spacial score (nSPS) is 21.6. The quantitative estimate of drug-likeness (QED) is 0.308. The van der Waals surface area contributed by atoms with Gasteiger partial charge in [-0.15, -0.1) is 0 Å². The summed E-state index contributed by atoms with van der Waals surface area (Å²) in [5.41, 5.74) is 9.52. The second-order valence-electron chi connectivity index (χ2n) is 6.55. The molecule has 1 saturated heterocycles. The van der Waals surface area contributed by atoms with Gasteiger partial charge in [-0.25, -0.2) is 9.97 Å². The highest BCUT2D eigenvalue weighted by Gasteiger charge is 2.37. The number of carbonyl (C=O) groups excluding carboxylic acids is 1. The molecular formula is C17H26F3N5O6. The maximum atomic E-state index is 12.7. The smallest absolute Gasteiger partial charge is 0.434 e. The van der Waals surface area contributed by atoms with Crippen molar-refractivity contribution in [3.63, 3.8) is 0 Å². The van der Waals surface area contributed by atoms with Crippen LogP contribution in [0.15, 0.2) is 6.20 Å². The second kappa shape index (κ2) is 12.0. The zero-order valence-electron chi connectivity index (χ0n) is 16.6. The van der Waals surface area contributed by atoms with E-state index in [4.69, 9.17) is 30.4 Å². The molecule has 2 rings (SSSR count). The van der Waals surface area contributed by atoms with E-state index in [0.29, 0.717) is 26.0 Å². The minimum absolute atomic E-state index is 0.0267. The fourth-order valence-electron chi connectivity index (χ4n) is 2.65. The highest BCUT2D eigenvalue weighted by Crippen LogP contribution is 2.30. The van der Waals surface area contributed by atoms with E-state index < -0.39 is 41.9 Å².